The van der Waals surface area contributed by atoms with E-state index in [4.69, 9.17) is 0 Å². The molecule has 0 aliphatic heterocycles. The van der Waals surface area contributed by atoms with Gasteiger partial charge in [0.2, 0.25) is 0 Å². The van der Waals surface area contributed by atoms with Crippen molar-refractivity contribution in [2.75, 3.05) is 0 Å². The van der Waals surface area contributed by atoms with Gasteiger partial charge in [-0.15, -0.1) is 0 Å². The van der Waals surface area contributed by atoms with E-state index in [1.807, 2.05) is 24.3 Å². The summed E-state index contributed by atoms with van der Waals surface area (Å²) in [6.07, 6.45) is 0. The fourth-order valence-corrected chi connectivity index (χ4v) is 4.56. The van der Waals surface area contributed by atoms with Crippen LogP contribution < -0.4 is 0 Å². The lowest BCUT2D eigenvalue weighted by molar-refractivity contribution is 0.474. The first-order chi connectivity index (χ1) is 9.84. The van der Waals surface area contributed by atoms with Crippen LogP contribution in [-0.4, -0.2) is 5.11 Å². The summed E-state index contributed by atoms with van der Waals surface area (Å²) in [4.78, 5) is 3.75. The van der Waals surface area contributed by atoms with Crippen molar-refractivity contribution in [3.63, 3.8) is 0 Å². The smallest absolute Gasteiger partial charge is 0.116 e. The van der Waals surface area contributed by atoms with Gasteiger partial charge in [-0.1, -0.05) is 42.5 Å². The SMILES string of the molecule is Oc1cccc([SH](c2ccccc2)c2ccccc2)c1. The van der Waals surface area contributed by atoms with Crippen molar-refractivity contribution in [2.24, 2.45) is 0 Å². The summed E-state index contributed by atoms with van der Waals surface area (Å²) < 4.78 is 0. The minimum atomic E-state index is -0.622. The third-order valence-electron chi connectivity index (χ3n) is 3.12. The third-order valence-corrected chi connectivity index (χ3v) is 5.54. The average molecular weight is 280 g/mol. The van der Waals surface area contributed by atoms with Crippen LogP contribution in [0.3, 0.4) is 0 Å². The lowest BCUT2D eigenvalue weighted by Crippen LogP contribution is -1.87. The van der Waals surface area contributed by atoms with Gasteiger partial charge < -0.3 is 5.11 Å². The van der Waals surface area contributed by atoms with E-state index >= 15 is 0 Å². The van der Waals surface area contributed by atoms with E-state index < -0.39 is 10.9 Å². The predicted molar refractivity (Wildman–Crippen MR) is 84.8 cm³/mol. The lowest BCUT2D eigenvalue weighted by atomic mass is 10.3. The first-order valence-corrected chi connectivity index (χ1v) is 7.88. The van der Waals surface area contributed by atoms with Crippen LogP contribution in [0.1, 0.15) is 0 Å². The average Bonchev–Trinajstić information content (AvgIpc) is 2.50. The molecule has 100 valence electrons. The van der Waals surface area contributed by atoms with E-state index in [1.54, 1.807) is 6.07 Å². The highest BCUT2D eigenvalue weighted by atomic mass is 32.2. The minimum Gasteiger partial charge on any atom is -0.508 e. The molecule has 2 heteroatoms. The largest absolute Gasteiger partial charge is 0.508 e. The fourth-order valence-electron chi connectivity index (χ4n) is 2.23. The molecule has 0 heterocycles. The molecular weight excluding hydrogens is 264 g/mol. The quantitative estimate of drug-likeness (QED) is 0.656. The van der Waals surface area contributed by atoms with Gasteiger partial charge in [0.05, 0.1) is 0 Å². The van der Waals surface area contributed by atoms with Gasteiger partial charge in [-0.2, -0.15) is 10.9 Å². The molecule has 0 fully saturated rings. The topological polar surface area (TPSA) is 20.2 Å². The summed E-state index contributed by atoms with van der Waals surface area (Å²) in [5.41, 5.74) is 0. The van der Waals surface area contributed by atoms with E-state index in [9.17, 15) is 5.11 Å². The molecule has 0 saturated heterocycles. The summed E-state index contributed by atoms with van der Waals surface area (Å²) in [6.45, 7) is 0. The molecule has 0 saturated carbocycles. The standard InChI is InChI=1S/C18H16OS/c19-15-8-7-13-18(14-15)20(16-9-3-1-4-10-16)17-11-5-2-6-12-17/h1-14,19-20H. The molecule has 3 rings (SSSR count). The van der Waals surface area contributed by atoms with Crippen molar-refractivity contribution in [1.82, 2.24) is 0 Å². The van der Waals surface area contributed by atoms with Crippen LogP contribution in [0.4, 0.5) is 0 Å². The molecule has 3 aromatic rings. The highest BCUT2D eigenvalue weighted by Crippen LogP contribution is 2.51. The first kappa shape index (κ1) is 12.8. The lowest BCUT2D eigenvalue weighted by Gasteiger charge is -2.23. The normalized spacial score (nSPS) is 11.1. The van der Waals surface area contributed by atoms with Gasteiger partial charge in [-0.05, 0) is 57.2 Å². The number of phenols is 1. The molecule has 1 nitrogen and oxygen atoms in total. The third kappa shape index (κ3) is 2.70. The zero-order valence-electron chi connectivity index (χ0n) is 11.0. The number of rotatable bonds is 3. The predicted octanol–water partition coefficient (Wildman–Crippen LogP) is 4.87. The number of thiol groups is 1. The Kier molecular flexibility index (Phi) is 3.75. The number of benzene rings is 3. The highest BCUT2D eigenvalue weighted by Gasteiger charge is 2.12. The van der Waals surface area contributed by atoms with Crippen LogP contribution in [0, 0.1) is 0 Å². The molecule has 0 aromatic heterocycles. The molecule has 0 spiro atoms. The van der Waals surface area contributed by atoms with Crippen LogP contribution in [0.5, 0.6) is 5.75 Å². The molecule has 0 aliphatic carbocycles. The maximum Gasteiger partial charge on any atom is 0.116 e. The summed E-state index contributed by atoms with van der Waals surface area (Å²) in [5, 5.41) is 9.77. The Balaban J connectivity index is 2.14. The molecule has 3 aromatic carbocycles. The Morgan fingerprint density at radius 3 is 1.55 bits per heavy atom. The fraction of sp³-hybridized carbons (Fsp3) is 0. The summed E-state index contributed by atoms with van der Waals surface area (Å²) in [6, 6.07) is 28.5. The van der Waals surface area contributed by atoms with E-state index in [1.165, 1.54) is 9.79 Å². The zero-order valence-corrected chi connectivity index (χ0v) is 11.9. The van der Waals surface area contributed by atoms with Gasteiger partial charge in [0.25, 0.3) is 0 Å². The number of hydrogen-bond acceptors (Lipinski definition) is 1. The Bertz CT molecular complexity index is 641. The van der Waals surface area contributed by atoms with E-state index in [0.29, 0.717) is 5.75 Å². The van der Waals surface area contributed by atoms with Crippen molar-refractivity contribution >= 4 is 10.9 Å². The second-order valence-electron chi connectivity index (χ2n) is 4.53. The highest BCUT2D eigenvalue weighted by molar-refractivity contribution is 8.17. The number of hydrogen-bond donors (Lipinski definition) is 2. The monoisotopic (exact) mass is 280 g/mol. The Morgan fingerprint density at radius 1 is 0.550 bits per heavy atom. The van der Waals surface area contributed by atoms with Crippen LogP contribution in [0.15, 0.2) is 99.6 Å². The maximum atomic E-state index is 9.77. The Hall–Kier alpha value is -2.19. The van der Waals surface area contributed by atoms with Crippen LogP contribution >= 0.6 is 10.9 Å². The van der Waals surface area contributed by atoms with Gasteiger partial charge in [0, 0.05) is 0 Å². The van der Waals surface area contributed by atoms with Crippen molar-refractivity contribution in [2.45, 2.75) is 14.7 Å². The second-order valence-corrected chi connectivity index (χ2v) is 6.75. The Labute approximate surface area is 121 Å². The van der Waals surface area contributed by atoms with Crippen molar-refractivity contribution in [1.29, 1.82) is 0 Å². The van der Waals surface area contributed by atoms with E-state index in [0.717, 1.165) is 4.90 Å². The minimum absolute atomic E-state index is 0.321. The summed E-state index contributed by atoms with van der Waals surface area (Å²) in [5.74, 6) is 0.321. The molecule has 0 unspecified atom stereocenters. The molecule has 0 radical (unpaired) electrons. The number of phenolic OH excluding ortho intramolecular Hbond substituents is 1. The van der Waals surface area contributed by atoms with E-state index in [2.05, 4.69) is 54.6 Å². The Morgan fingerprint density at radius 2 is 1.05 bits per heavy atom. The van der Waals surface area contributed by atoms with Gasteiger partial charge in [0.1, 0.15) is 5.75 Å². The van der Waals surface area contributed by atoms with Gasteiger partial charge >= 0.3 is 0 Å². The second kappa shape index (κ2) is 5.85. The molecule has 0 amide bonds. The van der Waals surface area contributed by atoms with Gasteiger partial charge in [-0.25, -0.2) is 0 Å². The molecular formula is C18H16OS. The molecule has 1 N–H and O–H groups in total. The molecule has 0 bridgehead atoms. The van der Waals surface area contributed by atoms with Gasteiger partial charge in [-0.3, -0.25) is 0 Å². The number of aromatic hydroxyl groups is 1. The van der Waals surface area contributed by atoms with Crippen molar-refractivity contribution in [3.8, 4) is 5.75 Å². The summed E-state index contributed by atoms with van der Waals surface area (Å²) in [7, 11) is -0.622. The molecule has 0 aliphatic rings. The van der Waals surface area contributed by atoms with Crippen molar-refractivity contribution < 1.29 is 5.11 Å². The van der Waals surface area contributed by atoms with Crippen LogP contribution in [0.2, 0.25) is 0 Å². The first-order valence-electron chi connectivity index (χ1n) is 6.54. The summed E-state index contributed by atoms with van der Waals surface area (Å²) >= 11 is 0. The van der Waals surface area contributed by atoms with E-state index in [-0.39, 0.29) is 0 Å². The molecule has 20 heavy (non-hydrogen) atoms. The van der Waals surface area contributed by atoms with Crippen molar-refractivity contribution in [3.05, 3.63) is 84.9 Å². The van der Waals surface area contributed by atoms with Gasteiger partial charge in [0.15, 0.2) is 0 Å². The maximum absolute atomic E-state index is 9.77. The molecule has 0 atom stereocenters. The van der Waals surface area contributed by atoms with Crippen LogP contribution in [0.25, 0.3) is 0 Å². The zero-order chi connectivity index (χ0) is 13.8. The van der Waals surface area contributed by atoms with Crippen LogP contribution in [-0.2, 0) is 0 Å².